The zero-order chi connectivity index (χ0) is 19.1. The predicted molar refractivity (Wildman–Crippen MR) is 108 cm³/mol. The van der Waals surface area contributed by atoms with Crippen LogP contribution >= 0.6 is 22.7 Å². The molecule has 1 unspecified atom stereocenters. The average Bonchev–Trinajstić information content (AvgIpc) is 3.44. The highest BCUT2D eigenvalue weighted by atomic mass is 32.1. The van der Waals surface area contributed by atoms with Crippen molar-refractivity contribution in [2.75, 3.05) is 18.5 Å². The van der Waals surface area contributed by atoms with Crippen molar-refractivity contribution in [2.24, 2.45) is 0 Å². The Balaban J connectivity index is 1.30. The molecule has 2 amide bonds. The number of para-hydroxylation sites is 1. The number of carbonyl (C=O) groups is 2. The van der Waals surface area contributed by atoms with Crippen LogP contribution < -0.4 is 5.32 Å². The van der Waals surface area contributed by atoms with E-state index in [1.54, 1.807) is 0 Å². The first-order valence-corrected chi connectivity index (χ1v) is 10.9. The molecule has 1 fully saturated rings. The van der Waals surface area contributed by atoms with Crippen LogP contribution in [0.5, 0.6) is 0 Å². The average molecular weight is 415 g/mol. The molecule has 4 heterocycles. The molecule has 5 rings (SSSR count). The number of fused-ring (bicyclic) bond motifs is 2. The number of nitrogens with zero attached hydrogens (tertiary/aromatic N) is 3. The van der Waals surface area contributed by atoms with Crippen LogP contribution in [-0.4, -0.2) is 45.9 Å². The van der Waals surface area contributed by atoms with Crippen LogP contribution in [0.25, 0.3) is 10.2 Å². The number of carbonyl (C=O) groups excluding carboxylic acids is 2. The fourth-order valence-electron chi connectivity index (χ4n) is 3.49. The molecule has 0 saturated carbocycles. The normalized spacial score (nSPS) is 19.0. The van der Waals surface area contributed by atoms with Crippen LogP contribution in [0, 0.1) is 0 Å². The first kappa shape index (κ1) is 17.7. The Kier molecular flexibility index (Phi) is 4.58. The van der Waals surface area contributed by atoms with Crippen molar-refractivity contribution in [1.82, 2.24) is 14.9 Å². The van der Waals surface area contributed by atoms with E-state index in [2.05, 4.69) is 15.3 Å². The SMILES string of the molecule is O=C(Nc1nc2c(s1)CN(C(=O)c1nc3ccccc3s1)CC2)C1CCCO1. The predicted octanol–water partition coefficient (Wildman–Crippen LogP) is 3.07. The lowest BCUT2D eigenvalue weighted by atomic mass is 10.2. The maximum Gasteiger partial charge on any atom is 0.283 e. The van der Waals surface area contributed by atoms with E-state index in [1.807, 2.05) is 29.2 Å². The molecule has 0 bridgehead atoms. The van der Waals surface area contributed by atoms with Gasteiger partial charge in [0.1, 0.15) is 6.10 Å². The van der Waals surface area contributed by atoms with Crippen molar-refractivity contribution in [1.29, 1.82) is 0 Å². The number of benzene rings is 1. The van der Waals surface area contributed by atoms with Crippen LogP contribution in [-0.2, 0) is 22.5 Å². The van der Waals surface area contributed by atoms with Crippen molar-refractivity contribution in [3.8, 4) is 0 Å². The van der Waals surface area contributed by atoms with Gasteiger partial charge in [0.25, 0.3) is 11.8 Å². The van der Waals surface area contributed by atoms with E-state index < -0.39 is 0 Å². The van der Waals surface area contributed by atoms with E-state index in [-0.39, 0.29) is 17.9 Å². The van der Waals surface area contributed by atoms with Gasteiger partial charge in [-0.2, -0.15) is 0 Å². The number of aromatic nitrogens is 2. The Labute approximate surface area is 169 Å². The second kappa shape index (κ2) is 7.23. The van der Waals surface area contributed by atoms with E-state index in [0.29, 0.717) is 36.3 Å². The number of hydrogen-bond donors (Lipinski definition) is 1. The minimum absolute atomic E-state index is 0.0507. The summed E-state index contributed by atoms with van der Waals surface area (Å²) >= 11 is 2.86. The fraction of sp³-hybridized carbons (Fsp3) is 0.368. The lowest BCUT2D eigenvalue weighted by Gasteiger charge is -2.25. The lowest BCUT2D eigenvalue weighted by molar-refractivity contribution is -0.124. The first-order valence-electron chi connectivity index (χ1n) is 9.23. The molecular weight excluding hydrogens is 396 g/mol. The molecule has 1 saturated heterocycles. The summed E-state index contributed by atoms with van der Waals surface area (Å²) in [5, 5.41) is 3.96. The third-order valence-corrected chi connectivity index (χ3v) is 6.97. The molecule has 28 heavy (non-hydrogen) atoms. The van der Waals surface area contributed by atoms with Crippen LogP contribution in [0.4, 0.5) is 5.13 Å². The number of amides is 2. The second-order valence-electron chi connectivity index (χ2n) is 6.84. The number of thiazole rings is 2. The Morgan fingerprint density at radius 1 is 1.21 bits per heavy atom. The Morgan fingerprint density at radius 2 is 2.11 bits per heavy atom. The molecule has 2 aliphatic rings. The van der Waals surface area contributed by atoms with Gasteiger partial charge in [0.05, 0.1) is 22.5 Å². The quantitative estimate of drug-likeness (QED) is 0.712. The lowest BCUT2D eigenvalue weighted by Crippen LogP contribution is -2.35. The van der Waals surface area contributed by atoms with Crippen molar-refractivity contribution < 1.29 is 14.3 Å². The van der Waals surface area contributed by atoms with Gasteiger partial charge in [0, 0.05) is 24.4 Å². The molecule has 1 atom stereocenters. The molecule has 0 spiro atoms. The van der Waals surface area contributed by atoms with Gasteiger partial charge in [0.2, 0.25) is 0 Å². The molecule has 3 aromatic rings. The van der Waals surface area contributed by atoms with E-state index in [0.717, 1.165) is 33.6 Å². The summed E-state index contributed by atoms with van der Waals surface area (Å²) in [5.41, 5.74) is 1.81. The maximum atomic E-state index is 12.9. The topological polar surface area (TPSA) is 84.4 Å². The van der Waals surface area contributed by atoms with E-state index in [4.69, 9.17) is 4.74 Å². The standard InChI is InChI=1S/C19H18N4O3S2/c24-16(13-5-3-9-26-13)22-19-21-12-7-8-23(10-15(12)28-19)18(25)17-20-11-4-1-2-6-14(11)27-17/h1-2,4,6,13H,3,5,7-10H2,(H,21,22,24). The summed E-state index contributed by atoms with van der Waals surface area (Å²) in [4.78, 5) is 37.0. The number of anilines is 1. The summed E-state index contributed by atoms with van der Waals surface area (Å²) < 4.78 is 6.43. The van der Waals surface area contributed by atoms with E-state index in [1.165, 1.54) is 22.7 Å². The minimum atomic E-state index is -0.377. The monoisotopic (exact) mass is 414 g/mol. The Bertz CT molecular complexity index is 1020. The third kappa shape index (κ3) is 3.30. The summed E-state index contributed by atoms with van der Waals surface area (Å²) in [5.74, 6) is -0.184. The van der Waals surface area contributed by atoms with Crippen molar-refractivity contribution in [3.63, 3.8) is 0 Å². The Morgan fingerprint density at radius 3 is 2.93 bits per heavy atom. The summed E-state index contributed by atoms with van der Waals surface area (Å²) in [7, 11) is 0. The molecule has 144 valence electrons. The van der Waals surface area contributed by atoms with Gasteiger partial charge in [-0.1, -0.05) is 23.5 Å². The first-order chi connectivity index (χ1) is 13.7. The van der Waals surface area contributed by atoms with Gasteiger partial charge in [-0.05, 0) is 25.0 Å². The van der Waals surface area contributed by atoms with Crippen LogP contribution in [0.2, 0.25) is 0 Å². The van der Waals surface area contributed by atoms with Crippen molar-refractivity contribution in [3.05, 3.63) is 39.8 Å². The fourth-order valence-corrected chi connectivity index (χ4v) is 5.45. The van der Waals surface area contributed by atoms with E-state index in [9.17, 15) is 9.59 Å². The van der Waals surface area contributed by atoms with Crippen molar-refractivity contribution >= 4 is 49.8 Å². The largest absolute Gasteiger partial charge is 0.368 e. The maximum absolute atomic E-state index is 12.9. The molecular formula is C19H18N4O3S2. The molecule has 7 nitrogen and oxygen atoms in total. The highest BCUT2D eigenvalue weighted by Crippen LogP contribution is 2.30. The highest BCUT2D eigenvalue weighted by Gasteiger charge is 2.28. The number of hydrogen-bond acceptors (Lipinski definition) is 7. The molecule has 1 N–H and O–H groups in total. The van der Waals surface area contributed by atoms with Crippen LogP contribution in [0.15, 0.2) is 24.3 Å². The van der Waals surface area contributed by atoms with Gasteiger partial charge < -0.3 is 9.64 Å². The zero-order valence-corrected chi connectivity index (χ0v) is 16.6. The summed E-state index contributed by atoms with van der Waals surface area (Å²) in [6.45, 7) is 1.73. The second-order valence-corrected chi connectivity index (χ2v) is 8.96. The molecule has 2 aliphatic heterocycles. The Hall–Kier alpha value is -2.36. The smallest absolute Gasteiger partial charge is 0.283 e. The van der Waals surface area contributed by atoms with Crippen LogP contribution in [0.1, 0.15) is 33.2 Å². The number of ether oxygens (including phenoxy) is 1. The van der Waals surface area contributed by atoms with Gasteiger partial charge in [-0.15, -0.1) is 11.3 Å². The van der Waals surface area contributed by atoms with Gasteiger partial charge in [-0.3, -0.25) is 14.9 Å². The van der Waals surface area contributed by atoms with E-state index >= 15 is 0 Å². The molecule has 2 aromatic heterocycles. The summed E-state index contributed by atoms with van der Waals surface area (Å²) in [6.07, 6.45) is 1.97. The number of nitrogens with one attached hydrogen (secondary N) is 1. The molecule has 9 heteroatoms. The zero-order valence-electron chi connectivity index (χ0n) is 15.0. The molecule has 0 aliphatic carbocycles. The van der Waals surface area contributed by atoms with Crippen LogP contribution in [0.3, 0.4) is 0 Å². The van der Waals surface area contributed by atoms with Crippen molar-refractivity contribution in [2.45, 2.75) is 31.9 Å². The third-order valence-electron chi connectivity index (χ3n) is 4.95. The molecule has 1 aromatic carbocycles. The van der Waals surface area contributed by atoms with Gasteiger partial charge in [0.15, 0.2) is 10.1 Å². The number of rotatable bonds is 3. The minimum Gasteiger partial charge on any atom is -0.368 e. The highest BCUT2D eigenvalue weighted by molar-refractivity contribution is 7.20. The van der Waals surface area contributed by atoms with Gasteiger partial charge >= 0.3 is 0 Å². The van der Waals surface area contributed by atoms with Gasteiger partial charge in [-0.25, -0.2) is 9.97 Å². The summed E-state index contributed by atoms with van der Waals surface area (Å²) in [6, 6.07) is 7.77. The molecule has 0 radical (unpaired) electrons.